The summed E-state index contributed by atoms with van der Waals surface area (Å²) in [5.74, 6) is 0.428. The Balaban J connectivity index is 1.98. The van der Waals surface area contributed by atoms with Crippen LogP contribution in [0.1, 0.15) is 67.5 Å². The maximum Gasteiger partial charge on any atom is 0.393 e. The molecule has 1 N–H and O–H groups in total. The van der Waals surface area contributed by atoms with E-state index in [1.165, 1.54) is 12.1 Å². The van der Waals surface area contributed by atoms with Gasteiger partial charge in [0.05, 0.1) is 18.2 Å². The zero-order chi connectivity index (χ0) is 19.8. The van der Waals surface area contributed by atoms with Gasteiger partial charge < -0.3 is 5.32 Å². The number of fused-ring (bicyclic) bond motifs is 1. The van der Waals surface area contributed by atoms with Gasteiger partial charge in [0.15, 0.2) is 0 Å². The maximum atomic E-state index is 12.6. The first-order valence-corrected chi connectivity index (χ1v) is 9.27. The van der Waals surface area contributed by atoms with Crippen LogP contribution in [0.4, 0.5) is 19.0 Å². The summed E-state index contributed by atoms with van der Waals surface area (Å²) in [7, 11) is 0. The molecule has 1 aliphatic rings. The molecule has 1 aromatic heterocycles. The second kappa shape index (κ2) is 7.37. The van der Waals surface area contributed by atoms with Crippen molar-refractivity contribution >= 4 is 11.7 Å². The van der Waals surface area contributed by atoms with Gasteiger partial charge in [0, 0.05) is 17.9 Å². The minimum Gasteiger partial charge on any atom is -0.311 e. The van der Waals surface area contributed by atoms with Gasteiger partial charge >= 0.3 is 6.18 Å². The average Bonchev–Trinajstić information content (AvgIpc) is 2.91. The van der Waals surface area contributed by atoms with Gasteiger partial charge in [0.2, 0.25) is 5.91 Å². The van der Waals surface area contributed by atoms with Crippen molar-refractivity contribution in [3.05, 3.63) is 46.6 Å². The molecule has 1 amide bonds. The van der Waals surface area contributed by atoms with Crippen LogP contribution in [0.2, 0.25) is 0 Å². The van der Waals surface area contributed by atoms with E-state index in [0.29, 0.717) is 0 Å². The van der Waals surface area contributed by atoms with E-state index in [1.807, 2.05) is 11.6 Å². The molecule has 1 atom stereocenters. The smallest absolute Gasteiger partial charge is 0.311 e. The number of benzene rings is 1. The van der Waals surface area contributed by atoms with E-state index in [1.54, 1.807) is 12.1 Å². The lowest BCUT2D eigenvalue weighted by atomic mass is 9.85. The molecule has 27 heavy (non-hydrogen) atoms. The normalized spacial score (nSPS) is 17.1. The fraction of sp³-hybridized carbons (Fsp3) is 0.500. The summed E-state index contributed by atoms with van der Waals surface area (Å²) in [6.45, 7) is 6.08. The first-order chi connectivity index (χ1) is 12.7. The molecule has 2 aromatic rings. The fourth-order valence-corrected chi connectivity index (χ4v) is 3.86. The van der Waals surface area contributed by atoms with Crippen LogP contribution in [0.25, 0.3) is 0 Å². The van der Waals surface area contributed by atoms with Crippen LogP contribution in [0.3, 0.4) is 0 Å². The summed E-state index contributed by atoms with van der Waals surface area (Å²) in [6.07, 6.45) is -3.11. The number of rotatable bonds is 5. The number of carbonyl (C=O) groups is 1. The van der Waals surface area contributed by atoms with Gasteiger partial charge in [-0.15, -0.1) is 0 Å². The molecule has 0 saturated carbocycles. The number of nitrogens with one attached hydrogen (secondary N) is 1. The second-order valence-corrected chi connectivity index (χ2v) is 7.10. The van der Waals surface area contributed by atoms with E-state index in [9.17, 15) is 18.0 Å². The van der Waals surface area contributed by atoms with Gasteiger partial charge in [-0.25, -0.2) is 4.68 Å². The lowest BCUT2D eigenvalue weighted by Crippen LogP contribution is -2.26. The summed E-state index contributed by atoms with van der Waals surface area (Å²) >= 11 is 0. The van der Waals surface area contributed by atoms with Crippen molar-refractivity contribution in [3.63, 3.8) is 0 Å². The molecule has 1 unspecified atom stereocenters. The lowest BCUT2D eigenvalue weighted by Gasteiger charge is -2.26. The van der Waals surface area contributed by atoms with Crippen molar-refractivity contribution in [3.8, 4) is 0 Å². The van der Waals surface area contributed by atoms with Crippen LogP contribution >= 0.6 is 0 Å². The Labute approximate surface area is 156 Å². The zero-order valence-corrected chi connectivity index (χ0v) is 15.7. The Morgan fingerprint density at radius 2 is 1.85 bits per heavy atom. The Morgan fingerprint density at radius 3 is 2.41 bits per heavy atom. The van der Waals surface area contributed by atoms with Crippen LogP contribution in [0.15, 0.2) is 24.3 Å². The molecular formula is C20H24F3N3O. The number of hydrogen-bond acceptors (Lipinski definition) is 2. The maximum absolute atomic E-state index is 12.6. The molecule has 1 aliphatic heterocycles. The first kappa shape index (κ1) is 19.5. The van der Waals surface area contributed by atoms with E-state index in [0.717, 1.165) is 35.5 Å². The fourth-order valence-electron chi connectivity index (χ4n) is 3.86. The quantitative estimate of drug-likeness (QED) is 0.783. The predicted octanol–water partition coefficient (Wildman–Crippen LogP) is 5.13. The first-order valence-electron chi connectivity index (χ1n) is 9.27. The average molecular weight is 379 g/mol. The molecule has 1 aromatic carbocycles. The monoisotopic (exact) mass is 379 g/mol. The number of carbonyl (C=O) groups excluding carboxylic acids is 1. The van der Waals surface area contributed by atoms with E-state index < -0.39 is 12.6 Å². The van der Waals surface area contributed by atoms with E-state index in [-0.39, 0.29) is 29.9 Å². The topological polar surface area (TPSA) is 46.9 Å². The minimum atomic E-state index is -4.23. The number of aryl methyl sites for hydroxylation is 1. The van der Waals surface area contributed by atoms with Crippen molar-refractivity contribution in [2.75, 3.05) is 5.32 Å². The largest absolute Gasteiger partial charge is 0.393 e. The molecule has 4 nitrogen and oxygen atoms in total. The van der Waals surface area contributed by atoms with Crippen LogP contribution in [-0.4, -0.2) is 21.9 Å². The molecule has 0 aliphatic carbocycles. The summed E-state index contributed by atoms with van der Waals surface area (Å²) < 4.78 is 39.6. The molecular weight excluding hydrogens is 355 g/mol. The SMILES string of the molecule is CCC(CC)n1nc(C)c2c1NC(=O)CC2c1ccc(CC(F)(F)F)cc1. The second-order valence-electron chi connectivity index (χ2n) is 7.10. The van der Waals surface area contributed by atoms with Crippen LogP contribution in [0, 0.1) is 6.92 Å². The van der Waals surface area contributed by atoms with Crippen LogP contribution in [0.5, 0.6) is 0 Å². The summed E-state index contributed by atoms with van der Waals surface area (Å²) in [6, 6.07) is 6.58. The zero-order valence-electron chi connectivity index (χ0n) is 15.7. The molecule has 146 valence electrons. The minimum absolute atomic E-state index is 0.0982. The summed E-state index contributed by atoms with van der Waals surface area (Å²) in [5.41, 5.74) is 2.87. The number of amides is 1. The number of halogens is 3. The van der Waals surface area contributed by atoms with Gasteiger partial charge in [-0.05, 0) is 30.9 Å². The number of nitrogens with zero attached hydrogens (tertiary/aromatic N) is 2. The highest BCUT2D eigenvalue weighted by Gasteiger charge is 2.33. The third-order valence-corrected chi connectivity index (χ3v) is 5.20. The predicted molar refractivity (Wildman–Crippen MR) is 97.9 cm³/mol. The summed E-state index contributed by atoms with van der Waals surface area (Å²) in [4.78, 5) is 12.3. The highest BCUT2D eigenvalue weighted by atomic mass is 19.4. The molecule has 0 saturated heterocycles. The van der Waals surface area contributed by atoms with Gasteiger partial charge in [-0.1, -0.05) is 38.1 Å². The van der Waals surface area contributed by atoms with Crippen molar-refractivity contribution in [2.45, 2.75) is 64.6 Å². The number of hydrogen-bond donors (Lipinski definition) is 1. The molecule has 7 heteroatoms. The molecule has 0 bridgehead atoms. The van der Waals surface area contributed by atoms with Crippen molar-refractivity contribution in [1.82, 2.24) is 9.78 Å². The standard InChI is InChI=1S/C20H24F3N3O/c1-4-15(5-2)26-19-18(12(3)25-26)16(10-17(27)24-19)14-8-6-13(7-9-14)11-20(21,22)23/h6-9,15-16H,4-5,10-11H2,1-3H3,(H,24,27). The Kier molecular flexibility index (Phi) is 5.31. The van der Waals surface area contributed by atoms with Crippen molar-refractivity contribution in [2.24, 2.45) is 0 Å². The number of aromatic nitrogens is 2. The van der Waals surface area contributed by atoms with Gasteiger partial charge in [-0.3, -0.25) is 4.79 Å². The molecule has 2 heterocycles. The van der Waals surface area contributed by atoms with E-state index in [4.69, 9.17) is 0 Å². The molecule has 0 spiro atoms. The highest BCUT2D eigenvalue weighted by molar-refractivity contribution is 5.94. The van der Waals surface area contributed by atoms with Gasteiger partial charge in [0.1, 0.15) is 5.82 Å². The highest BCUT2D eigenvalue weighted by Crippen LogP contribution is 2.41. The Bertz CT molecular complexity index is 820. The van der Waals surface area contributed by atoms with E-state index >= 15 is 0 Å². The lowest BCUT2D eigenvalue weighted by molar-refractivity contribution is -0.127. The van der Waals surface area contributed by atoms with Gasteiger partial charge in [-0.2, -0.15) is 18.3 Å². The van der Waals surface area contributed by atoms with Gasteiger partial charge in [0.25, 0.3) is 0 Å². The molecule has 3 rings (SSSR count). The Morgan fingerprint density at radius 1 is 1.22 bits per heavy atom. The third kappa shape index (κ3) is 4.01. The van der Waals surface area contributed by atoms with Crippen LogP contribution < -0.4 is 5.32 Å². The van der Waals surface area contributed by atoms with Crippen LogP contribution in [-0.2, 0) is 11.2 Å². The number of anilines is 1. The number of alkyl halides is 3. The molecule has 0 fully saturated rings. The van der Waals surface area contributed by atoms with Crippen molar-refractivity contribution < 1.29 is 18.0 Å². The third-order valence-electron chi connectivity index (χ3n) is 5.20. The van der Waals surface area contributed by atoms with E-state index in [2.05, 4.69) is 24.3 Å². The summed E-state index contributed by atoms with van der Waals surface area (Å²) in [5, 5.41) is 7.62. The Hall–Kier alpha value is -2.31. The molecule has 0 radical (unpaired) electrons. The van der Waals surface area contributed by atoms with Crippen molar-refractivity contribution in [1.29, 1.82) is 0 Å².